The van der Waals surface area contributed by atoms with E-state index >= 15 is 0 Å². The van der Waals surface area contributed by atoms with Crippen LogP contribution in [0.5, 0.6) is 5.75 Å². The van der Waals surface area contributed by atoms with Crippen molar-refractivity contribution >= 4 is 27.6 Å². The number of fused-ring (bicyclic) bond motifs is 1. The van der Waals surface area contributed by atoms with E-state index in [0.717, 1.165) is 15.4 Å². The number of carbonyl (C=O) groups is 1. The molecule has 1 atom stereocenters. The standard InChI is InChI=1S/C22H20ClF2NO5S/c1-2-30-20(27)8-5-17-10-16-9-15(11-19(23)21(16)31-17)14-3-6-18(7-4-14)32(28,29)26-12-22(24,25)13-26/h3-9,11,17H,2,10,12-13H2,1H3/b8-5+. The molecule has 0 bridgehead atoms. The Balaban J connectivity index is 1.51. The van der Waals surface area contributed by atoms with Gasteiger partial charge in [0.25, 0.3) is 5.92 Å². The fourth-order valence-corrected chi connectivity index (χ4v) is 5.38. The molecule has 2 aromatic rings. The molecule has 0 aliphatic carbocycles. The number of ether oxygens (including phenoxy) is 2. The van der Waals surface area contributed by atoms with Gasteiger partial charge in [0.05, 0.1) is 29.6 Å². The lowest BCUT2D eigenvalue weighted by molar-refractivity contribution is -0.137. The molecule has 1 saturated heterocycles. The van der Waals surface area contributed by atoms with Crippen molar-refractivity contribution < 1.29 is 31.5 Å². The summed E-state index contributed by atoms with van der Waals surface area (Å²) in [5.74, 6) is -2.89. The van der Waals surface area contributed by atoms with Gasteiger partial charge in [-0.05, 0) is 48.4 Å². The van der Waals surface area contributed by atoms with Crippen LogP contribution in [0.2, 0.25) is 5.02 Å². The number of hydrogen-bond acceptors (Lipinski definition) is 5. The van der Waals surface area contributed by atoms with Crippen molar-refractivity contribution in [2.75, 3.05) is 19.7 Å². The number of sulfonamides is 1. The van der Waals surface area contributed by atoms with Gasteiger partial charge in [-0.2, -0.15) is 4.31 Å². The minimum atomic E-state index is -3.95. The van der Waals surface area contributed by atoms with Crippen LogP contribution in [0.3, 0.4) is 0 Å². The summed E-state index contributed by atoms with van der Waals surface area (Å²) in [4.78, 5) is 11.5. The molecule has 1 fully saturated rings. The van der Waals surface area contributed by atoms with Crippen LogP contribution in [0.15, 0.2) is 53.4 Å². The highest BCUT2D eigenvalue weighted by Crippen LogP contribution is 2.40. The van der Waals surface area contributed by atoms with Gasteiger partial charge < -0.3 is 9.47 Å². The van der Waals surface area contributed by atoms with Crippen molar-refractivity contribution in [1.29, 1.82) is 0 Å². The number of esters is 1. The van der Waals surface area contributed by atoms with Gasteiger partial charge in [0.1, 0.15) is 11.9 Å². The van der Waals surface area contributed by atoms with Crippen LogP contribution in [0.1, 0.15) is 12.5 Å². The first-order chi connectivity index (χ1) is 15.1. The molecule has 1 unspecified atom stereocenters. The highest BCUT2D eigenvalue weighted by molar-refractivity contribution is 7.89. The zero-order valence-electron chi connectivity index (χ0n) is 17.1. The summed E-state index contributed by atoms with van der Waals surface area (Å²) in [5.41, 5.74) is 2.32. The molecule has 0 N–H and O–H groups in total. The molecule has 0 saturated carbocycles. The van der Waals surface area contributed by atoms with Crippen LogP contribution in [-0.2, 0) is 26.0 Å². The molecule has 0 radical (unpaired) electrons. The van der Waals surface area contributed by atoms with Crippen molar-refractivity contribution in [2.45, 2.75) is 30.3 Å². The van der Waals surface area contributed by atoms with Crippen LogP contribution in [0.25, 0.3) is 11.1 Å². The number of halogens is 3. The Hall–Kier alpha value is -2.49. The second-order valence-electron chi connectivity index (χ2n) is 7.57. The maximum absolute atomic E-state index is 13.1. The first-order valence-electron chi connectivity index (χ1n) is 9.91. The van der Waals surface area contributed by atoms with Crippen molar-refractivity contribution in [3.8, 4) is 16.9 Å². The maximum Gasteiger partial charge on any atom is 0.330 e. The first-order valence-corrected chi connectivity index (χ1v) is 11.7. The van der Waals surface area contributed by atoms with Crippen LogP contribution in [0, 0.1) is 0 Å². The van der Waals surface area contributed by atoms with E-state index in [2.05, 4.69) is 0 Å². The van der Waals surface area contributed by atoms with Crippen molar-refractivity contribution in [1.82, 2.24) is 4.31 Å². The molecule has 0 aromatic heterocycles. The molecule has 2 aliphatic rings. The SMILES string of the molecule is CCOC(=O)/C=C/C1Cc2cc(-c3ccc(S(=O)(=O)N4CC(F)(F)C4)cc3)cc(Cl)c2O1. The van der Waals surface area contributed by atoms with Gasteiger partial charge in [-0.3, -0.25) is 0 Å². The second-order valence-corrected chi connectivity index (χ2v) is 9.92. The van der Waals surface area contributed by atoms with E-state index in [4.69, 9.17) is 21.1 Å². The minimum absolute atomic E-state index is 0.0449. The van der Waals surface area contributed by atoms with Gasteiger partial charge in [-0.1, -0.05) is 23.7 Å². The molecule has 170 valence electrons. The molecule has 2 aliphatic heterocycles. The Bertz CT molecular complexity index is 1170. The smallest absolute Gasteiger partial charge is 0.330 e. The Morgan fingerprint density at radius 1 is 1.25 bits per heavy atom. The third-order valence-corrected chi connectivity index (χ3v) is 7.27. The van der Waals surface area contributed by atoms with Crippen molar-refractivity contribution in [3.63, 3.8) is 0 Å². The quantitative estimate of drug-likeness (QED) is 0.457. The Morgan fingerprint density at radius 2 is 1.94 bits per heavy atom. The van der Waals surface area contributed by atoms with Gasteiger partial charge in [0.15, 0.2) is 0 Å². The predicted octanol–water partition coefficient (Wildman–Crippen LogP) is 4.07. The van der Waals surface area contributed by atoms with Crippen LogP contribution in [0.4, 0.5) is 8.78 Å². The summed E-state index contributed by atoms with van der Waals surface area (Å²) in [5, 5.41) is 0.393. The van der Waals surface area contributed by atoms with E-state index < -0.39 is 35.0 Å². The number of benzene rings is 2. The number of carbonyl (C=O) groups excluding carboxylic acids is 1. The fraction of sp³-hybridized carbons (Fsp3) is 0.318. The Labute approximate surface area is 189 Å². The van der Waals surface area contributed by atoms with E-state index in [1.807, 2.05) is 6.07 Å². The van der Waals surface area contributed by atoms with E-state index in [0.29, 0.717) is 22.8 Å². The van der Waals surface area contributed by atoms with Gasteiger partial charge in [-0.25, -0.2) is 22.0 Å². The maximum atomic E-state index is 13.1. The zero-order valence-corrected chi connectivity index (χ0v) is 18.6. The van der Waals surface area contributed by atoms with Crippen LogP contribution in [-0.4, -0.2) is 50.4 Å². The van der Waals surface area contributed by atoms with Crippen LogP contribution >= 0.6 is 11.6 Å². The fourth-order valence-electron chi connectivity index (χ4n) is 3.60. The van der Waals surface area contributed by atoms with E-state index in [1.54, 1.807) is 31.2 Å². The molecule has 0 spiro atoms. The number of alkyl halides is 2. The van der Waals surface area contributed by atoms with E-state index in [-0.39, 0.29) is 17.6 Å². The average molecular weight is 484 g/mol. The monoisotopic (exact) mass is 483 g/mol. The molecule has 10 heteroatoms. The largest absolute Gasteiger partial charge is 0.484 e. The van der Waals surface area contributed by atoms with Crippen molar-refractivity contribution in [2.24, 2.45) is 0 Å². The number of nitrogens with zero attached hydrogens (tertiary/aromatic N) is 1. The second kappa shape index (κ2) is 8.46. The van der Waals surface area contributed by atoms with Gasteiger partial charge in [-0.15, -0.1) is 0 Å². The number of hydrogen-bond donors (Lipinski definition) is 0. The molecular formula is C22H20ClF2NO5S. The lowest BCUT2D eigenvalue weighted by Gasteiger charge is -2.37. The van der Waals surface area contributed by atoms with Gasteiger partial charge >= 0.3 is 5.97 Å². The summed E-state index contributed by atoms with van der Waals surface area (Å²) >= 11 is 6.39. The lowest BCUT2D eigenvalue weighted by atomic mass is 10.0. The Kier molecular flexibility index (Phi) is 6.00. The van der Waals surface area contributed by atoms with Crippen molar-refractivity contribution in [3.05, 3.63) is 59.1 Å². The predicted molar refractivity (Wildman–Crippen MR) is 114 cm³/mol. The molecular weight excluding hydrogens is 464 g/mol. The lowest BCUT2D eigenvalue weighted by Crippen LogP contribution is -2.58. The zero-order chi connectivity index (χ0) is 23.1. The summed E-state index contributed by atoms with van der Waals surface area (Å²) < 4.78 is 62.5. The highest BCUT2D eigenvalue weighted by atomic mass is 35.5. The minimum Gasteiger partial charge on any atom is -0.484 e. The molecule has 2 heterocycles. The molecule has 0 amide bonds. The average Bonchev–Trinajstić information content (AvgIpc) is 3.14. The summed E-state index contributed by atoms with van der Waals surface area (Å²) in [7, 11) is -3.95. The first kappa shape index (κ1) is 22.7. The molecule has 6 nitrogen and oxygen atoms in total. The Morgan fingerprint density at radius 3 is 2.56 bits per heavy atom. The molecule has 2 aromatic carbocycles. The topological polar surface area (TPSA) is 72.9 Å². The third kappa shape index (κ3) is 4.51. The molecule has 4 rings (SSSR count). The summed E-state index contributed by atoms with van der Waals surface area (Å²) in [6, 6.07) is 9.59. The highest BCUT2D eigenvalue weighted by Gasteiger charge is 2.49. The summed E-state index contributed by atoms with van der Waals surface area (Å²) in [6.45, 7) is 0.404. The third-order valence-electron chi connectivity index (χ3n) is 5.19. The van der Waals surface area contributed by atoms with Crippen LogP contribution < -0.4 is 4.74 Å². The van der Waals surface area contributed by atoms with E-state index in [1.165, 1.54) is 18.2 Å². The number of rotatable bonds is 6. The van der Waals surface area contributed by atoms with E-state index in [9.17, 15) is 22.0 Å². The molecule has 32 heavy (non-hydrogen) atoms. The normalized spacial score (nSPS) is 19.9. The van der Waals surface area contributed by atoms with Gasteiger partial charge in [0, 0.05) is 18.1 Å². The van der Waals surface area contributed by atoms with Gasteiger partial charge in [0.2, 0.25) is 10.0 Å². The summed E-state index contributed by atoms with van der Waals surface area (Å²) in [6.07, 6.45) is 3.09.